The highest BCUT2D eigenvalue weighted by atomic mass is 32.2. The van der Waals surface area contributed by atoms with Crippen LogP contribution in [0.3, 0.4) is 0 Å². The van der Waals surface area contributed by atoms with Crippen molar-refractivity contribution < 1.29 is 26.4 Å². The molecular formula is C19H21F3N6O3S. The second-order valence-electron chi connectivity index (χ2n) is 7.58. The summed E-state index contributed by atoms with van der Waals surface area (Å²) in [5, 5.41) is 12.1. The molecule has 13 heteroatoms. The lowest BCUT2D eigenvalue weighted by molar-refractivity contribution is 0.116. The van der Waals surface area contributed by atoms with Crippen LogP contribution in [0.2, 0.25) is 0 Å². The average Bonchev–Trinajstić information content (AvgIpc) is 3.16. The van der Waals surface area contributed by atoms with Crippen LogP contribution in [0.5, 0.6) is 0 Å². The van der Waals surface area contributed by atoms with Crippen molar-refractivity contribution in [3.8, 4) is 6.07 Å². The lowest BCUT2D eigenvalue weighted by Crippen LogP contribution is -2.48. The standard InChI is InChI=1S/C19H21F3N6O3S/c1-19(22,32(30,31)15-11-27(2)26-16(15)17(20)21)12-4-7-28(8-5-12)18(29)25-13-3-6-24-14(9-13)10-23/h3,6,9,11-12,17H,4-5,7-8H2,1-2H3,(H,24,25,29). The van der Waals surface area contributed by atoms with Gasteiger partial charge in [-0.3, -0.25) is 4.68 Å². The first-order valence-corrected chi connectivity index (χ1v) is 11.1. The molecule has 1 N–H and O–H groups in total. The third-order valence-corrected chi connectivity index (χ3v) is 7.76. The largest absolute Gasteiger partial charge is 0.325 e. The summed E-state index contributed by atoms with van der Waals surface area (Å²) in [6, 6.07) is 4.26. The number of urea groups is 1. The molecule has 0 bridgehead atoms. The normalized spacial score (nSPS) is 17.1. The zero-order valence-corrected chi connectivity index (χ0v) is 18.1. The number of nitrogens with zero attached hydrogens (tertiary/aromatic N) is 5. The van der Waals surface area contributed by atoms with Crippen LogP contribution in [0.1, 0.15) is 37.6 Å². The van der Waals surface area contributed by atoms with Crippen LogP contribution in [0.15, 0.2) is 29.4 Å². The van der Waals surface area contributed by atoms with E-state index >= 15 is 4.39 Å². The first kappa shape index (κ1) is 23.5. The van der Waals surface area contributed by atoms with Gasteiger partial charge < -0.3 is 10.2 Å². The molecule has 2 amide bonds. The van der Waals surface area contributed by atoms with Crippen LogP contribution in [0.4, 0.5) is 23.7 Å². The van der Waals surface area contributed by atoms with Gasteiger partial charge in [-0.05, 0) is 31.9 Å². The zero-order valence-electron chi connectivity index (χ0n) is 17.3. The Morgan fingerprint density at radius 1 is 1.38 bits per heavy atom. The van der Waals surface area contributed by atoms with Gasteiger partial charge in [0.15, 0.2) is 0 Å². The number of aryl methyl sites for hydroxylation is 1. The second kappa shape index (κ2) is 8.78. The van der Waals surface area contributed by atoms with Crippen LogP contribution in [-0.4, -0.2) is 52.2 Å². The fourth-order valence-electron chi connectivity index (χ4n) is 3.65. The maximum atomic E-state index is 15.6. The monoisotopic (exact) mass is 470 g/mol. The minimum absolute atomic E-state index is 0.0176. The molecule has 9 nitrogen and oxygen atoms in total. The maximum Gasteiger partial charge on any atom is 0.321 e. The summed E-state index contributed by atoms with van der Waals surface area (Å²) in [6.07, 6.45) is -0.891. The smallest absolute Gasteiger partial charge is 0.321 e. The summed E-state index contributed by atoms with van der Waals surface area (Å²) < 4.78 is 68.8. The van der Waals surface area contributed by atoms with E-state index in [4.69, 9.17) is 5.26 Å². The van der Waals surface area contributed by atoms with Crippen molar-refractivity contribution in [3.05, 3.63) is 35.9 Å². The Labute approximate surface area is 182 Å². The SMILES string of the molecule is Cn1cc(S(=O)(=O)C(C)(F)C2CCN(C(=O)Nc3ccnc(C#N)c3)CC2)c(C(F)F)n1. The van der Waals surface area contributed by atoms with Gasteiger partial charge in [0, 0.05) is 44.1 Å². The summed E-state index contributed by atoms with van der Waals surface area (Å²) in [4.78, 5) is 16.8. The number of hydrogen-bond donors (Lipinski definition) is 1. The molecule has 0 spiro atoms. The highest BCUT2D eigenvalue weighted by Gasteiger charge is 2.50. The molecule has 1 atom stereocenters. The Kier molecular flexibility index (Phi) is 6.45. The number of rotatable bonds is 5. The molecule has 0 aromatic carbocycles. The van der Waals surface area contributed by atoms with Crippen molar-refractivity contribution >= 4 is 21.6 Å². The fraction of sp³-hybridized carbons (Fsp3) is 0.474. The molecule has 3 heterocycles. The fourth-order valence-corrected chi connectivity index (χ4v) is 5.45. The number of anilines is 1. The van der Waals surface area contributed by atoms with Gasteiger partial charge in [0.25, 0.3) is 6.43 Å². The highest BCUT2D eigenvalue weighted by Crippen LogP contribution is 2.41. The number of hydrogen-bond acceptors (Lipinski definition) is 6. The van der Waals surface area contributed by atoms with Crippen molar-refractivity contribution in [3.63, 3.8) is 0 Å². The van der Waals surface area contributed by atoms with E-state index in [1.807, 2.05) is 6.07 Å². The summed E-state index contributed by atoms with van der Waals surface area (Å²) in [6.45, 7) is 0.998. The van der Waals surface area contributed by atoms with E-state index in [1.165, 1.54) is 30.3 Å². The van der Waals surface area contributed by atoms with Crippen LogP contribution in [-0.2, 0) is 16.9 Å². The van der Waals surface area contributed by atoms with E-state index in [0.717, 1.165) is 17.8 Å². The number of amides is 2. The average molecular weight is 470 g/mol. The van der Waals surface area contributed by atoms with E-state index in [1.54, 1.807) is 0 Å². The summed E-state index contributed by atoms with van der Waals surface area (Å²) in [5.41, 5.74) is -0.501. The molecule has 172 valence electrons. The number of carbonyl (C=O) groups excluding carboxylic acids is 1. The number of sulfone groups is 1. The molecule has 1 fully saturated rings. The van der Waals surface area contributed by atoms with E-state index in [2.05, 4.69) is 15.4 Å². The Morgan fingerprint density at radius 2 is 2.03 bits per heavy atom. The Balaban J connectivity index is 1.71. The van der Waals surface area contributed by atoms with Gasteiger partial charge in [-0.1, -0.05) is 0 Å². The molecule has 1 aliphatic rings. The van der Waals surface area contributed by atoms with Crippen LogP contribution >= 0.6 is 0 Å². The van der Waals surface area contributed by atoms with Crippen LogP contribution < -0.4 is 5.32 Å². The van der Waals surface area contributed by atoms with Crippen LogP contribution in [0.25, 0.3) is 0 Å². The third-order valence-electron chi connectivity index (χ3n) is 5.48. The summed E-state index contributed by atoms with van der Waals surface area (Å²) in [5.74, 6) is -1.01. The van der Waals surface area contributed by atoms with Gasteiger partial charge in [0.05, 0.1) is 0 Å². The number of likely N-dealkylation sites (tertiary alicyclic amines) is 1. The van der Waals surface area contributed by atoms with E-state index < -0.39 is 43.8 Å². The molecule has 1 unspecified atom stereocenters. The molecule has 2 aromatic rings. The number of pyridine rings is 1. The molecule has 3 rings (SSSR count). The minimum Gasteiger partial charge on any atom is -0.325 e. The van der Waals surface area contributed by atoms with Gasteiger partial charge >= 0.3 is 6.03 Å². The molecule has 2 aromatic heterocycles. The Bertz CT molecular complexity index is 1150. The van der Waals surface area contributed by atoms with E-state index in [-0.39, 0.29) is 31.6 Å². The molecule has 0 saturated carbocycles. The number of carbonyl (C=O) groups is 1. The lowest BCUT2D eigenvalue weighted by Gasteiger charge is -2.37. The highest BCUT2D eigenvalue weighted by molar-refractivity contribution is 7.92. The number of nitrogens with one attached hydrogen (secondary N) is 1. The van der Waals surface area contributed by atoms with Crippen LogP contribution in [0, 0.1) is 17.2 Å². The topological polar surface area (TPSA) is 121 Å². The number of alkyl halides is 3. The first-order valence-electron chi connectivity index (χ1n) is 9.64. The number of aromatic nitrogens is 3. The predicted molar refractivity (Wildman–Crippen MR) is 107 cm³/mol. The van der Waals surface area contributed by atoms with Gasteiger partial charge in [0.2, 0.25) is 14.8 Å². The molecule has 0 aliphatic carbocycles. The molecule has 1 aliphatic heterocycles. The zero-order chi connectivity index (χ0) is 23.7. The van der Waals surface area contributed by atoms with E-state index in [0.29, 0.717) is 5.69 Å². The van der Waals surface area contributed by atoms with Crippen molar-refractivity contribution in [2.75, 3.05) is 18.4 Å². The Morgan fingerprint density at radius 3 is 2.62 bits per heavy atom. The third kappa shape index (κ3) is 4.40. The summed E-state index contributed by atoms with van der Waals surface area (Å²) in [7, 11) is -3.50. The van der Waals surface area contributed by atoms with Gasteiger partial charge in [-0.25, -0.2) is 31.4 Å². The quantitative estimate of drug-likeness (QED) is 0.717. The van der Waals surface area contributed by atoms with Crippen molar-refractivity contribution in [2.24, 2.45) is 13.0 Å². The van der Waals surface area contributed by atoms with Crippen molar-refractivity contribution in [1.29, 1.82) is 5.26 Å². The number of piperidine rings is 1. The molecular weight excluding hydrogens is 449 g/mol. The Hall–Kier alpha value is -3.14. The predicted octanol–water partition coefficient (Wildman–Crippen LogP) is 3.03. The second-order valence-corrected chi connectivity index (χ2v) is 9.82. The molecule has 32 heavy (non-hydrogen) atoms. The van der Waals surface area contributed by atoms with Gasteiger partial charge in [0.1, 0.15) is 22.4 Å². The summed E-state index contributed by atoms with van der Waals surface area (Å²) >= 11 is 0. The van der Waals surface area contributed by atoms with Gasteiger partial charge in [-0.2, -0.15) is 10.4 Å². The van der Waals surface area contributed by atoms with Crippen molar-refractivity contribution in [2.45, 2.75) is 36.1 Å². The lowest BCUT2D eigenvalue weighted by atomic mass is 9.92. The van der Waals surface area contributed by atoms with Gasteiger partial charge in [-0.15, -0.1) is 0 Å². The minimum atomic E-state index is -4.77. The molecule has 0 radical (unpaired) electrons. The molecule has 1 saturated heterocycles. The number of halogens is 3. The maximum absolute atomic E-state index is 15.6. The van der Waals surface area contributed by atoms with Crippen molar-refractivity contribution in [1.82, 2.24) is 19.7 Å². The number of nitriles is 1. The first-order chi connectivity index (χ1) is 15.0. The van der Waals surface area contributed by atoms with E-state index in [9.17, 15) is 22.0 Å².